The van der Waals surface area contributed by atoms with E-state index in [-0.39, 0.29) is 12.3 Å². The van der Waals surface area contributed by atoms with Gasteiger partial charge in [0.25, 0.3) is 5.91 Å². The molecule has 13 heavy (non-hydrogen) atoms. The molecule has 72 valence electrons. The smallest absolute Gasteiger partial charge is 0.255 e. The third-order valence-corrected chi connectivity index (χ3v) is 2.74. The number of primary amides is 1. The van der Waals surface area contributed by atoms with Gasteiger partial charge in [-0.25, -0.2) is 4.39 Å². The Morgan fingerprint density at radius 1 is 1.69 bits per heavy atom. The summed E-state index contributed by atoms with van der Waals surface area (Å²) in [4.78, 5) is 10.8. The molecule has 1 unspecified atom stereocenters. The lowest BCUT2D eigenvalue weighted by atomic mass is 10.2. The number of hydrogen-bond donors (Lipinski definition) is 1. The topological polar surface area (TPSA) is 66.9 Å². The first-order valence-corrected chi connectivity index (χ1v) is 4.44. The van der Waals surface area contributed by atoms with Crippen molar-refractivity contribution in [2.24, 2.45) is 17.6 Å². The largest absolute Gasteiger partial charge is 0.367 e. The highest BCUT2D eigenvalue weighted by atomic mass is 19.1. The molecule has 0 saturated heterocycles. The Bertz CT molecular complexity index is 261. The molecule has 0 aromatic heterocycles. The lowest BCUT2D eigenvalue weighted by Crippen LogP contribution is -2.29. The van der Waals surface area contributed by atoms with Crippen molar-refractivity contribution in [3.05, 3.63) is 0 Å². The minimum Gasteiger partial charge on any atom is -0.367 e. The summed E-state index contributed by atoms with van der Waals surface area (Å²) in [5.41, 5.74) is 3.05. The van der Waals surface area contributed by atoms with Crippen molar-refractivity contribution in [1.82, 2.24) is 0 Å². The number of carbonyl (C=O) groups excluding carboxylic acids is 1. The zero-order valence-electron chi connectivity index (χ0n) is 7.59. The van der Waals surface area contributed by atoms with Crippen molar-refractivity contribution in [3.63, 3.8) is 0 Å². The molecule has 1 amide bonds. The van der Waals surface area contributed by atoms with Crippen molar-refractivity contribution in [1.29, 1.82) is 5.26 Å². The Labute approximate surface area is 76.7 Å². The van der Waals surface area contributed by atoms with Crippen molar-refractivity contribution in [2.45, 2.75) is 31.9 Å². The first kappa shape index (κ1) is 9.97. The molecular weight excluding hydrogens is 171 g/mol. The van der Waals surface area contributed by atoms with Gasteiger partial charge in [0.15, 0.2) is 5.67 Å². The Balaban J connectivity index is 2.66. The van der Waals surface area contributed by atoms with Crippen LogP contribution in [0.2, 0.25) is 0 Å². The number of nitrogens with zero attached hydrogens (tertiary/aromatic N) is 1. The van der Waals surface area contributed by atoms with Crippen LogP contribution in [0.1, 0.15) is 26.2 Å². The van der Waals surface area contributed by atoms with Gasteiger partial charge in [-0.3, -0.25) is 4.79 Å². The molecule has 0 bridgehead atoms. The third kappa shape index (κ3) is 1.39. The maximum Gasteiger partial charge on any atom is 0.255 e. The summed E-state index contributed by atoms with van der Waals surface area (Å²) in [6.07, 6.45) is 1.53. The zero-order valence-corrected chi connectivity index (χ0v) is 7.59. The van der Waals surface area contributed by atoms with Gasteiger partial charge in [-0.15, -0.1) is 0 Å². The van der Waals surface area contributed by atoms with Crippen molar-refractivity contribution >= 4 is 5.91 Å². The maximum absolute atomic E-state index is 13.7. The van der Waals surface area contributed by atoms with E-state index in [1.165, 1.54) is 0 Å². The second kappa shape index (κ2) is 3.33. The molecular formula is C9H13FN2O. The number of rotatable bonds is 4. The van der Waals surface area contributed by atoms with Crippen molar-refractivity contribution < 1.29 is 9.18 Å². The molecule has 0 spiro atoms. The van der Waals surface area contributed by atoms with Gasteiger partial charge < -0.3 is 5.73 Å². The Morgan fingerprint density at radius 2 is 2.31 bits per heavy atom. The fourth-order valence-electron chi connectivity index (χ4n) is 1.98. The average Bonchev–Trinajstić information content (AvgIpc) is 2.62. The van der Waals surface area contributed by atoms with Crippen LogP contribution in [0, 0.1) is 23.2 Å². The maximum atomic E-state index is 13.7. The van der Waals surface area contributed by atoms with Gasteiger partial charge in [0, 0.05) is 18.3 Å². The summed E-state index contributed by atoms with van der Waals surface area (Å²) in [6, 6.07) is 1.88. The lowest BCUT2D eigenvalue weighted by molar-refractivity contribution is -0.125. The van der Waals surface area contributed by atoms with E-state index in [1.54, 1.807) is 0 Å². The fourth-order valence-corrected chi connectivity index (χ4v) is 1.98. The van der Waals surface area contributed by atoms with E-state index in [2.05, 4.69) is 0 Å². The quantitative estimate of drug-likeness (QED) is 0.711. The molecule has 0 aromatic carbocycles. The minimum atomic E-state index is -1.90. The Morgan fingerprint density at radius 3 is 2.69 bits per heavy atom. The predicted octanol–water partition coefficient (Wildman–Crippen LogP) is 1.14. The van der Waals surface area contributed by atoms with E-state index in [9.17, 15) is 9.18 Å². The highest BCUT2D eigenvalue weighted by Gasteiger charge is 2.69. The van der Waals surface area contributed by atoms with Crippen molar-refractivity contribution in [3.8, 4) is 6.07 Å². The number of alkyl halides is 1. The van der Waals surface area contributed by atoms with E-state index in [1.807, 2.05) is 13.0 Å². The van der Waals surface area contributed by atoms with Gasteiger partial charge in [0.2, 0.25) is 0 Å². The van der Waals surface area contributed by atoms with Gasteiger partial charge in [0.1, 0.15) is 0 Å². The number of halogens is 1. The number of amides is 1. The molecule has 2 N–H and O–H groups in total. The van der Waals surface area contributed by atoms with Crippen LogP contribution < -0.4 is 5.73 Å². The van der Waals surface area contributed by atoms with Crippen LogP contribution in [-0.4, -0.2) is 11.6 Å². The van der Waals surface area contributed by atoms with Gasteiger partial charge in [0.05, 0.1) is 6.07 Å². The van der Waals surface area contributed by atoms with Gasteiger partial charge in [-0.05, 0) is 6.42 Å². The van der Waals surface area contributed by atoms with Crippen LogP contribution in [0.15, 0.2) is 0 Å². The average molecular weight is 184 g/mol. The Hall–Kier alpha value is -1.11. The number of nitriles is 1. The molecule has 0 aliphatic heterocycles. The fraction of sp³-hybridized carbons (Fsp3) is 0.778. The molecule has 1 saturated carbocycles. The molecule has 1 rings (SSSR count). The molecule has 4 heteroatoms. The molecule has 0 aromatic rings. The van der Waals surface area contributed by atoms with E-state index in [4.69, 9.17) is 11.0 Å². The van der Waals surface area contributed by atoms with E-state index < -0.39 is 17.5 Å². The zero-order chi connectivity index (χ0) is 10.1. The third-order valence-electron chi connectivity index (χ3n) is 2.74. The van der Waals surface area contributed by atoms with Crippen LogP contribution >= 0.6 is 0 Å². The molecule has 1 aliphatic carbocycles. The summed E-state index contributed by atoms with van der Waals surface area (Å²) >= 11 is 0. The highest BCUT2D eigenvalue weighted by molar-refractivity contribution is 5.88. The summed E-state index contributed by atoms with van der Waals surface area (Å²) in [7, 11) is 0. The number of carbonyl (C=O) groups is 1. The second-order valence-electron chi connectivity index (χ2n) is 3.50. The molecule has 3 atom stereocenters. The number of nitrogens with two attached hydrogens (primary N) is 1. The molecule has 1 aliphatic rings. The van der Waals surface area contributed by atoms with Gasteiger partial charge in [-0.1, -0.05) is 13.3 Å². The van der Waals surface area contributed by atoms with Crippen LogP contribution in [0.3, 0.4) is 0 Å². The molecule has 1 fully saturated rings. The minimum absolute atomic E-state index is 0.0874. The second-order valence-corrected chi connectivity index (χ2v) is 3.50. The highest BCUT2D eigenvalue weighted by Crippen LogP contribution is 2.57. The first-order chi connectivity index (χ1) is 6.08. The van der Waals surface area contributed by atoms with E-state index >= 15 is 0 Å². The summed E-state index contributed by atoms with van der Waals surface area (Å²) in [5.74, 6) is -1.70. The van der Waals surface area contributed by atoms with Gasteiger partial charge >= 0.3 is 0 Å². The molecule has 3 nitrogen and oxygen atoms in total. The van der Waals surface area contributed by atoms with E-state index in [0.717, 1.165) is 6.42 Å². The summed E-state index contributed by atoms with van der Waals surface area (Å²) in [5, 5.41) is 8.41. The van der Waals surface area contributed by atoms with Gasteiger partial charge in [-0.2, -0.15) is 5.26 Å². The standard InChI is InChI=1S/C9H13FN2O/c1-2-3-6-7(4-5-11)9(6,10)8(12)13/h6-7H,2-4H2,1H3,(H2,12,13)/t6?,7-,9+/m0/s1. The molecule has 0 heterocycles. The molecule has 0 radical (unpaired) electrons. The SMILES string of the molecule is CCCC1[C@H](CC#N)[C@@]1(F)C(N)=O. The number of hydrogen-bond acceptors (Lipinski definition) is 2. The van der Waals surface area contributed by atoms with E-state index in [0.29, 0.717) is 6.42 Å². The Kier molecular flexibility index (Phi) is 2.55. The predicted molar refractivity (Wildman–Crippen MR) is 45.2 cm³/mol. The normalized spacial score (nSPS) is 36.7. The summed E-state index contributed by atoms with van der Waals surface area (Å²) < 4.78 is 13.7. The summed E-state index contributed by atoms with van der Waals surface area (Å²) in [6.45, 7) is 1.92. The van der Waals surface area contributed by atoms with Crippen LogP contribution in [0.5, 0.6) is 0 Å². The van der Waals surface area contributed by atoms with Crippen LogP contribution in [0.4, 0.5) is 4.39 Å². The van der Waals surface area contributed by atoms with Crippen LogP contribution in [-0.2, 0) is 4.79 Å². The monoisotopic (exact) mass is 184 g/mol. The first-order valence-electron chi connectivity index (χ1n) is 4.44. The lowest BCUT2D eigenvalue weighted by Gasteiger charge is -2.00. The van der Waals surface area contributed by atoms with Crippen LogP contribution in [0.25, 0.3) is 0 Å². The van der Waals surface area contributed by atoms with Crippen molar-refractivity contribution in [2.75, 3.05) is 0 Å².